The number of carbonyl (C=O) groups is 2. The fourth-order valence-corrected chi connectivity index (χ4v) is 4.53. The molecule has 7 nitrogen and oxygen atoms in total. The summed E-state index contributed by atoms with van der Waals surface area (Å²) < 4.78 is 11.2. The van der Waals surface area contributed by atoms with E-state index in [-0.39, 0.29) is 11.8 Å². The predicted molar refractivity (Wildman–Crippen MR) is 137 cm³/mol. The lowest BCUT2D eigenvalue weighted by Gasteiger charge is -2.33. The molecule has 5 rings (SSSR count). The molecular weight excluding hydrogens is 454 g/mol. The lowest BCUT2D eigenvalue weighted by molar-refractivity contribution is -0.125. The number of carbonyl (C=O) groups excluding carboxylic acids is 2. The number of nitrogens with zero attached hydrogens (tertiary/aromatic N) is 2. The number of anilines is 2. The topological polar surface area (TPSA) is 84.7 Å². The second-order valence-corrected chi connectivity index (χ2v) is 8.91. The predicted octanol–water partition coefficient (Wildman–Crippen LogP) is 5.38. The van der Waals surface area contributed by atoms with Crippen LogP contribution in [0.5, 0.6) is 5.75 Å². The van der Waals surface area contributed by atoms with Gasteiger partial charge in [-0.25, -0.2) is 0 Å². The highest BCUT2D eigenvalue weighted by Crippen LogP contribution is 2.38. The smallest absolute Gasteiger partial charge is 0.268 e. The Morgan fingerprint density at radius 3 is 2.22 bits per heavy atom. The minimum atomic E-state index is -0.626. The van der Waals surface area contributed by atoms with Gasteiger partial charge in [-0.05, 0) is 50.1 Å². The molecule has 7 heteroatoms. The number of nitrogens with one attached hydrogen (secondary N) is 1. The van der Waals surface area contributed by atoms with Crippen LogP contribution in [0.2, 0.25) is 0 Å². The van der Waals surface area contributed by atoms with Gasteiger partial charge in [0.05, 0.1) is 23.8 Å². The van der Waals surface area contributed by atoms with Crippen molar-refractivity contribution < 1.29 is 18.8 Å². The number of fused-ring (bicyclic) bond motifs is 1. The maximum atomic E-state index is 13.6. The molecule has 2 heterocycles. The summed E-state index contributed by atoms with van der Waals surface area (Å²) >= 11 is 0. The van der Waals surface area contributed by atoms with Gasteiger partial charge in [0.25, 0.3) is 5.91 Å². The van der Waals surface area contributed by atoms with Crippen molar-refractivity contribution in [3.8, 4) is 5.75 Å². The summed E-state index contributed by atoms with van der Waals surface area (Å²) in [7, 11) is 0. The molecule has 1 atom stereocenters. The maximum Gasteiger partial charge on any atom is 0.268 e. The molecule has 1 aromatic heterocycles. The summed E-state index contributed by atoms with van der Waals surface area (Å²) in [6.07, 6.45) is -0.626. The summed E-state index contributed by atoms with van der Waals surface area (Å²) in [5, 5.41) is 7.07. The van der Waals surface area contributed by atoms with Crippen LogP contribution in [-0.4, -0.2) is 23.1 Å². The largest absolute Gasteiger partial charge is 0.479 e. The van der Waals surface area contributed by atoms with E-state index in [0.717, 1.165) is 22.4 Å². The zero-order valence-electron chi connectivity index (χ0n) is 20.4. The molecule has 2 amide bonds. The Morgan fingerprint density at radius 1 is 1.00 bits per heavy atom. The number of ether oxygens (including phenoxy) is 1. The molecule has 0 bridgehead atoms. The molecule has 1 aliphatic rings. The molecule has 0 saturated carbocycles. The van der Waals surface area contributed by atoms with Crippen molar-refractivity contribution in [3.05, 3.63) is 107 Å². The maximum absolute atomic E-state index is 13.6. The highest BCUT2D eigenvalue weighted by molar-refractivity contribution is 6.02. The molecule has 0 saturated heterocycles. The van der Waals surface area contributed by atoms with E-state index in [1.165, 1.54) is 0 Å². The van der Waals surface area contributed by atoms with E-state index >= 15 is 0 Å². The van der Waals surface area contributed by atoms with Gasteiger partial charge in [-0.15, -0.1) is 0 Å². The van der Waals surface area contributed by atoms with Gasteiger partial charge >= 0.3 is 0 Å². The van der Waals surface area contributed by atoms with Crippen molar-refractivity contribution in [2.75, 3.05) is 10.2 Å². The molecule has 1 N–H and O–H groups in total. The number of benzene rings is 3. The van der Waals surface area contributed by atoms with E-state index in [0.29, 0.717) is 29.4 Å². The second kappa shape index (κ2) is 9.70. The first-order valence-corrected chi connectivity index (χ1v) is 11.9. The summed E-state index contributed by atoms with van der Waals surface area (Å²) in [6, 6.07) is 24.7. The van der Waals surface area contributed by atoms with Gasteiger partial charge < -0.3 is 19.5 Å². The Hall–Kier alpha value is -4.39. The van der Waals surface area contributed by atoms with Crippen LogP contribution in [-0.2, 0) is 16.1 Å². The van der Waals surface area contributed by atoms with Gasteiger partial charge in [0.15, 0.2) is 6.10 Å². The number of hydrogen-bond acceptors (Lipinski definition) is 5. The molecule has 182 valence electrons. The van der Waals surface area contributed by atoms with Crippen molar-refractivity contribution in [1.82, 2.24) is 5.16 Å². The van der Waals surface area contributed by atoms with Gasteiger partial charge in [0.1, 0.15) is 11.5 Å². The van der Waals surface area contributed by atoms with Crippen LogP contribution < -0.4 is 15.0 Å². The summed E-state index contributed by atoms with van der Waals surface area (Å²) in [4.78, 5) is 28.4. The lowest BCUT2D eigenvalue weighted by Crippen LogP contribution is -2.44. The van der Waals surface area contributed by atoms with Crippen molar-refractivity contribution in [1.29, 1.82) is 0 Å². The van der Waals surface area contributed by atoms with Crippen LogP contribution in [0.3, 0.4) is 0 Å². The first kappa shape index (κ1) is 23.4. The molecule has 1 aliphatic heterocycles. The standard InChI is InChI=1S/C29H27N3O4/c1-18-24(19(2)36-31-18)17-32-25-16-23(14-15-26(25)35-20(3)29(32)34)30-28(33)27(21-10-6-4-7-11-21)22-12-8-5-9-13-22/h4-16,20,27H,17H2,1-3H3,(H,30,33). The van der Waals surface area contributed by atoms with E-state index in [9.17, 15) is 9.59 Å². The van der Waals surface area contributed by atoms with Crippen LogP contribution in [0.25, 0.3) is 0 Å². The average Bonchev–Trinajstić information content (AvgIpc) is 3.20. The van der Waals surface area contributed by atoms with Crippen molar-refractivity contribution in [2.45, 2.75) is 39.3 Å². The van der Waals surface area contributed by atoms with Gasteiger partial charge in [-0.3, -0.25) is 9.59 Å². The normalized spacial score (nSPS) is 14.9. The van der Waals surface area contributed by atoms with Gasteiger partial charge in [-0.2, -0.15) is 0 Å². The SMILES string of the molecule is Cc1noc(C)c1CN1C(=O)C(C)Oc2ccc(NC(=O)C(c3ccccc3)c3ccccc3)cc21. The third-order valence-electron chi connectivity index (χ3n) is 6.46. The molecule has 0 radical (unpaired) electrons. The molecule has 4 aromatic rings. The van der Waals surface area contributed by atoms with Crippen molar-refractivity contribution in [2.24, 2.45) is 0 Å². The zero-order chi connectivity index (χ0) is 25.2. The van der Waals surface area contributed by atoms with Crippen LogP contribution in [0.15, 0.2) is 83.4 Å². The van der Waals surface area contributed by atoms with E-state index in [2.05, 4.69) is 10.5 Å². The minimum absolute atomic E-state index is 0.166. The number of aromatic nitrogens is 1. The molecule has 1 unspecified atom stereocenters. The molecule has 0 aliphatic carbocycles. The zero-order valence-corrected chi connectivity index (χ0v) is 20.4. The van der Waals surface area contributed by atoms with Gasteiger partial charge in [0, 0.05) is 11.3 Å². The third kappa shape index (κ3) is 4.47. The van der Waals surface area contributed by atoms with Crippen molar-refractivity contribution in [3.63, 3.8) is 0 Å². The Balaban J connectivity index is 1.47. The van der Waals surface area contributed by atoms with Crippen molar-refractivity contribution >= 4 is 23.2 Å². The highest BCUT2D eigenvalue weighted by atomic mass is 16.5. The fraction of sp³-hybridized carbons (Fsp3) is 0.207. The van der Waals surface area contributed by atoms with Crippen LogP contribution in [0, 0.1) is 13.8 Å². The number of rotatable bonds is 6. The summed E-state index contributed by atoms with van der Waals surface area (Å²) in [6.45, 7) is 5.71. The molecule has 36 heavy (non-hydrogen) atoms. The van der Waals surface area contributed by atoms with Crippen LogP contribution >= 0.6 is 0 Å². The lowest BCUT2D eigenvalue weighted by atomic mass is 9.90. The van der Waals surface area contributed by atoms with Crippen LogP contribution in [0.4, 0.5) is 11.4 Å². The first-order valence-electron chi connectivity index (χ1n) is 11.9. The quantitative estimate of drug-likeness (QED) is 0.400. The first-order chi connectivity index (χ1) is 17.4. The number of amides is 2. The monoisotopic (exact) mass is 481 g/mol. The van der Waals surface area contributed by atoms with E-state index in [4.69, 9.17) is 9.26 Å². The summed E-state index contributed by atoms with van der Waals surface area (Å²) in [5.41, 5.74) is 4.54. The van der Waals surface area contributed by atoms with Gasteiger partial charge in [-0.1, -0.05) is 65.8 Å². The van der Waals surface area contributed by atoms with E-state index in [1.807, 2.05) is 74.5 Å². The molecule has 0 fully saturated rings. The van der Waals surface area contributed by atoms with Gasteiger partial charge in [0.2, 0.25) is 5.91 Å². The third-order valence-corrected chi connectivity index (χ3v) is 6.46. The Kier molecular flexibility index (Phi) is 6.29. The average molecular weight is 482 g/mol. The Morgan fingerprint density at radius 2 is 1.64 bits per heavy atom. The number of aryl methyl sites for hydroxylation is 2. The van der Waals surface area contributed by atoms with Crippen LogP contribution in [0.1, 0.15) is 41.0 Å². The minimum Gasteiger partial charge on any atom is -0.479 e. The number of hydrogen-bond donors (Lipinski definition) is 1. The summed E-state index contributed by atoms with van der Waals surface area (Å²) in [5.74, 6) is 0.423. The highest BCUT2D eigenvalue weighted by Gasteiger charge is 2.33. The van der Waals surface area contributed by atoms with E-state index < -0.39 is 12.0 Å². The molecular formula is C29H27N3O4. The Bertz CT molecular complexity index is 1340. The fourth-order valence-electron chi connectivity index (χ4n) is 4.53. The Labute approximate surface area is 209 Å². The van der Waals surface area contributed by atoms with E-state index in [1.54, 1.807) is 30.0 Å². The second-order valence-electron chi connectivity index (χ2n) is 8.91. The molecule has 3 aromatic carbocycles. The molecule has 0 spiro atoms.